The fourth-order valence-electron chi connectivity index (χ4n) is 9.43. The third kappa shape index (κ3) is 10.4. The molecule has 2 N–H and O–H groups in total. The second-order valence-corrected chi connectivity index (χ2v) is 24.1. The van der Waals surface area contributed by atoms with E-state index in [0.29, 0.717) is 12.3 Å². The largest absolute Gasteiger partial charge is 0.481 e. The molecule has 0 saturated heterocycles. The zero-order chi connectivity index (χ0) is 53.9. The predicted octanol–water partition coefficient (Wildman–Crippen LogP) is 8.28. The van der Waals surface area contributed by atoms with E-state index in [-0.39, 0.29) is 73.9 Å². The van der Waals surface area contributed by atoms with E-state index in [1.54, 1.807) is 0 Å². The summed E-state index contributed by atoms with van der Waals surface area (Å²) in [6.45, 7) is -0.453. The number of hydrogen-bond donors (Lipinski definition) is 2. The van der Waals surface area contributed by atoms with Gasteiger partial charge in [-0.2, -0.15) is 49.6 Å². The highest BCUT2D eigenvalue weighted by atomic mass is 35.5. The summed E-state index contributed by atoms with van der Waals surface area (Å²) < 4.78 is 199. The van der Waals surface area contributed by atoms with Crippen molar-refractivity contribution in [1.82, 2.24) is 29.9 Å². The van der Waals surface area contributed by atoms with Gasteiger partial charge in [0.1, 0.15) is 30.4 Å². The molecule has 2 amide bonds. The van der Waals surface area contributed by atoms with E-state index >= 15 is 8.78 Å². The van der Waals surface area contributed by atoms with Crippen molar-refractivity contribution in [2.75, 3.05) is 16.8 Å². The molecule has 3 aliphatic carbocycles. The van der Waals surface area contributed by atoms with E-state index in [9.17, 15) is 71.4 Å². The number of sulfonamides is 1. The van der Waals surface area contributed by atoms with Crippen LogP contribution >= 0.6 is 11.6 Å². The fraction of sp³-hybridized carbons (Fsp3) is 0.467. The second-order valence-electron chi connectivity index (χ2n) is 19.2. The monoisotopic (exact) mass is 1100 g/mol. The van der Waals surface area contributed by atoms with Crippen LogP contribution in [0.25, 0.3) is 22.0 Å². The van der Waals surface area contributed by atoms with Crippen molar-refractivity contribution in [2.45, 2.75) is 100 Å². The minimum Gasteiger partial charge on any atom is -0.481 e. The summed E-state index contributed by atoms with van der Waals surface area (Å²) in [5.41, 5.74) is -5.30. The number of amides is 2. The first-order valence-electron chi connectivity index (χ1n) is 22.1. The molecule has 394 valence electrons. The number of halogens is 11. The van der Waals surface area contributed by atoms with Crippen molar-refractivity contribution in [2.24, 2.45) is 17.8 Å². The standard InChI is InChI=1S/C45H42ClF10N7O8S2/c1-42(2,72(3,68)69)10-9-25-5-6-26(27-7-8-30(46)34-36(27)62(19-43(49,50)51)60-39(34)63(73(4,70)71)40(65)21-14-22(15-21)41(66)67)35(57-25)31(13-20-11-23(47)16-24(48)12-20)58-32(64)18-61-38-33(37(59-61)45(54,55)56)28-17-29(28)44(38,52)53/h5-8,11-12,16,21-22,28-29,31H,9-10,13-15,17-19H2,1-4H3,(H,58,64)(H,66,67)/t21-,22+,28-,29?,31-/m0/s1. The van der Waals surface area contributed by atoms with Gasteiger partial charge < -0.3 is 10.4 Å². The van der Waals surface area contributed by atoms with Gasteiger partial charge in [0.2, 0.25) is 21.8 Å². The number of carbonyl (C=O) groups is 3. The summed E-state index contributed by atoms with van der Waals surface area (Å²) in [7, 11) is -8.55. The number of benzene rings is 2. The predicted molar refractivity (Wildman–Crippen MR) is 240 cm³/mol. The second kappa shape index (κ2) is 18.2. The number of carboxylic acid groups (broad SMARTS) is 1. The number of sulfone groups is 1. The Morgan fingerprint density at radius 2 is 1.53 bits per heavy atom. The van der Waals surface area contributed by atoms with Crippen molar-refractivity contribution >= 4 is 66.0 Å². The number of anilines is 1. The Morgan fingerprint density at radius 1 is 0.904 bits per heavy atom. The average molecular weight is 1100 g/mol. The number of fused-ring (bicyclic) bond motifs is 4. The molecule has 2 saturated carbocycles. The first-order chi connectivity index (χ1) is 33.6. The molecule has 0 bridgehead atoms. The van der Waals surface area contributed by atoms with E-state index in [1.807, 2.05) is 0 Å². The maximum absolute atomic E-state index is 15.6. The van der Waals surface area contributed by atoms with Crippen LogP contribution in [0.15, 0.2) is 42.5 Å². The van der Waals surface area contributed by atoms with Crippen LogP contribution in [0.5, 0.6) is 0 Å². The number of rotatable bonds is 16. The van der Waals surface area contributed by atoms with Crippen LogP contribution in [0.4, 0.5) is 49.7 Å². The van der Waals surface area contributed by atoms with Gasteiger partial charge in [-0.25, -0.2) is 25.6 Å². The smallest absolute Gasteiger partial charge is 0.435 e. The van der Waals surface area contributed by atoms with Crippen LogP contribution in [-0.4, -0.2) is 87.7 Å². The Labute approximate surface area is 413 Å². The lowest BCUT2D eigenvalue weighted by atomic mass is 9.74. The molecule has 3 aromatic heterocycles. The summed E-state index contributed by atoms with van der Waals surface area (Å²) >= 11 is 6.66. The van der Waals surface area contributed by atoms with Gasteiger partial charge in [0.05, 0.1) is 44.6 Å². The molecule has 0 aliphatic heterocycles. The van der Waals surface area contributed by atoms with Gasteiger partial charge in [-0.15, -0.1) is 0 Å². The maximum atomic E-state index is 15.6. The van der Waals surface area contributed by atoms with Crippen LogP contribution in [0, 0.1) is 29.4 Å². The topological polar surface area (TPSA) is 204 Å². The van der Waals surface area contributed by atoms with Crippen LogP contribution in [0.2, 0.25) is 5.02 Å². The number of nitrogens with one attached hydrogen (secondary N) is 1. The number of carbonyl (C=O) groups excluding carboxylic acids is 2. The number of hydrogen-bond acceptors (Lipinski definition) is 10. The molecule has 0 radical (unpaired) electrons. The van der Waals surface area contributed by atoms with Crippen LogP contribution in [0.1, 0.15) is 85.4 Å². The third-order valence-electron chi connectivity index (χ3n) is 13.5. The molecule has 28 heteroatoms. The Kier molecular flexibility index (Phi) is 13.3. The first kappa shape index (κ1) is 53.5. The molecular formula is C45H42ClF10N7O8S2. The van der Waals surface area contributed by atoms with Crippen molar-refractivity contribution < 1.29 is 80.2 Å². The van der Waals surface area contributed by atoms with Crippen molar-refractivity contribution in [3.8, 4) is 11.1 Å². The van der Waals surface area contributed by atoms with E-state index in [2.05, 4.69) is 15.5 Å². The molecule has 15 nitrogen and oxygen atoms in total. The minimum absolute atomic E-state index is 0.0439. The van der Waals surface area contributed by atoms with Crippen LogP contribution < -0.4 is 9.62 Å². The Hall–Kier alpha value is -5.83. The normalized spacial score (nSPS) is 20.0. The van der Waals surface area contributed by atoms with Gasteiger partial charge in [-0.1, -0.05) is 23.7 Å². The van der Waals surface area contributed by atoms with Crippen LogP contribution in [0.3, 0.4) is 0 Å². The van der Waals surface area contributed by atoms with Gasteiger partial charge in [0, 0.05) is 46.5 Å². The first-order valence-corrected chi connectivity index (χ1v) is 26.2. The SMILES string of the molecule is CC(C)(CCc1ccc(-c2ccc(Cl)c3c(N(C(=O)[C@H]4C[C@@H](C(=O)O)C4)S(C)(=O)=O)nn(CC(F)(F)F)c23)c([C@H](Cc2cc(F)cc(F)c2)NC(=O)Cn2nc(C(F)(F)F)c3c2C(F)(F)C2C[C@H]32)n1)S(C)(=O)=O. The number of pyridine rings is 1. The third-order valence-corrected chi connectivity index (χ3v) is 17.0. The van der Waals surface area contributed by atoms with Gasteiger partial charge >= 0.3 is 18.3 Å². The number of aliphatic carboxylic acids is 1. The van der Waals surface area contributed by atoms with Crippen molar-refractivity contribution in [1.29, 1.82) is 0 Å². The molecule has 3 heterocycles. The maximum Gasteiger partial charge on any atom is 0.435 e. The molecule has 3 atom stereocenters. The Bertz CT molecular complexity index is 3320. The number of carboxylic acids is 1. The van der Waals surface area contributed by atoms with E-state index in [1.165, 1.54) is 26.0 Å². The molecule has 2 fully saturated rings. The lowest BCUT2D eigenvalue weighted by Gasteiger charge is -2.33. The summed E-state index contributed by atoms with van der Waals surface area (Å²) in [5.74, 6) is -15.8. The molecule has 5 aromatic rings. The highest BCUT2D eigenvalue weighted by Crippen LogP contribution is 2.68. The number of aryl methyl sites for hydroxylation is 1. The molecule has 2 aromatic carbocycles. The zero-order valence-electron chi connectivity index (χ0n) is 38.5. The number of nitrogens with zero attached hydrogens (tertiary/aromatic N) is 6. The minimum atomic E-state index is -5.22. The molecule has 1 unspecified atom stereocenters. The molecule has 73 heavy (non-hydrogen) atoms. The molecule has 0 spiro atoms. The quantitative estimate of drug-likeness (QED) is 0.0901. The van der Waals surface area contributed by atoms with Gasteiger partial charge in [0.15, 0.2) is 21.3 Å². The van der Waals surface area contributed by atoms with Crippen molar-refractivity contribution in [3.63, 3.8) is 0 Å². The fourth-order valence-corrected chi connectivity index (χ4v) is 11.1. The highest BCUT2D eigenvalue weighted by Gasteiger charge is 2.68. The Morgan fingerprint density at radius 3 is 2.11 bits per heavy atom. The summed E-state index contributed by atoms with van der Waals surface area (Å²) in [4.78, 5) is 44.4. The molecule has 8 rings (SSSR count). The lowest BCUT2D eigenvalue weighted by Crippen LogP contribution is -2.46. The van der Waals surface area contributed by atoms with E-state index in [4.69, 9.17) is 16.6 Å². The lowest BCUT2D eigenvalue weighted by molar-refractivity contribution is -0.148. The van der Waals surface area contributed by atoms with E-state index in [0.717, 1.165) is 30.5 Å². The summed E-state index contributed by atoms with van der Waals surface area (Å²) in [6, 6.07) is 5.17. The van der Waals surface area contributed by atoms with Crippen LogP contribution in [-0.2, 0) is 72.3 Å². The number of alkyl halides is 8. The zero-order valence-corrected chi connectivity index (χ0v) is 40.9. The summed E-state index contributed by atoms with van der Waals surface area (Å²) in [5, 5.41) is 18.2. The summed E-state index contributed by atoms with van der Waals surface area (Å²) in [6.07, 6.45) is -10.7. The molecule has 3 aliphatic rings. The van der Waals surface area contributed by atoms with Crippen molar-refractivity contribution in [3.05, 3.63) is 93.0 Å². The van der Waals surface area contributed by atoms with Gasteiger partial charge in [-0.05, 0) is 88.1 Å². The number of aromatic nitrogens is 5. The molecular weight excluding hydrogens is 1060 g/mol. The average Bonchev–Trinajstić information content (AvgIpc) is 3.73. The Balaban J connectivity index is 1.33. The van der Waals surface area contributed by atoms with Gasteiger partial charge in [0.25, 0.3) is 5.92 Å². The van der Waals surface area contributed by atoms with Gasteiger partial charge in [-0.3, -0.25) is 28.7 Å². The van der Waals surface area contributed by atoms with E-state index < -0.39 is 160 Å². The highest BCUT2D eigenvalue weighted by molar-refractivity contribution is 7.93.